The molecule has 0 aliphatic heterocycles. The van der Waals surface area contributed by atoms with E-state index < -0.39 is 5.76 Å². The van der Waals surface area contributed by atoms with Crippen molar-refractivity contribution in [2.75, 3.05) is 32.1 Å². The Morgan fingerprint density at radius 3 is 2.62 bits per heavy atom. The Hall–Kier alpha value is -2.68. The molecule has 1 amide bonds. The molecule has 0 aliphatic carbocycles. The van der Waals surface area contributed by atoms with Crippen LogP contribution in [0.1, 0.15) is 17.5 Å². The van der Waals surface area contributed by atoms with Crippen molar-refractivity contribution in [1.82, 2.24) is 14.5 Å². The number of para-hydroxylation sites is 2. The average molecular weight is 475 g/mol. The predicted octanol–water partition coefficient (Wildman–Crippen LogP) is 4.23. The zero-order valence-corrected chi connectivity index (χ0v) is 20.3. The lowest BCUT2D eigenvalue weighted by molar-refractivity contribution is -0.119. The van der Waals surface area contributed by atoms with Crippen LogP contribution in [-0.4, -0.2) is 47.5 Å². The maximum absolute atomic E-state index is 13.4. The van der Waals surface area contributed by atoms with Crippen LogP contribution >= 0.6 is 23.7 Å². The third kappa shape index (κ3) is 4.72. The number of benzene rings is 2. The molecule has 0 aliphatic rings. The minimum absolute atomic E-state index is 0. The summed E-state index contributed by atoms with van der Waals surface area (Å²) in [5, 5.41) is 0.660. The van der Waals surface area contributed by atoms with E-state index >= 15 is 0 Å². The van der Waals surface area contributed by atoms with E-state index in [1.807, 2.05) is 20.2 Å². The van der Waals surface area contributed by atoms with Crippen molar-refractivity contribution < 1.29 is 9.21 Å². The van der Waals surface area contributed by atoms with Gasteiger partial charge in [0.15, 0.2) is 10.7 Å². The van der Waals surface area contributed by atoms with Crippen LogP contribution in [0.4, 0.5) is 5.13 Å². The van der Waals surface area contributed by atoms with Crippen LogP contribution in [0.2, 0.25) is 0 Å². The molecule has 0 saturated heterocycles. The Balaban J connectivity index is 0.00000289. The summed E-state index contributed by atoms with van der Waals surface area (Å²) < 4.78 is 7.73. The van der Waals surface area contributed by atoms with Crippen molar-refractivity contribution in [2.24, 2.45) is 0 Å². The van der Waals surface area contributed by atoms with Crippen molar-refractivity contribution in [2.45, 2.75) is 26.8 Å². The van der Waals surface area contributed by atoms with Crippen molar-refractivity contribution in [1.29, 1.82) is 0 Å². The Kier molecular flexibility index (Phi) is 7.38. The molecule has 0 N–H and O–H groups in total. The van der Waals surface area contributed by atoms with Gasteiger partial charge in [-0.05, 0) is 70.2 Å². The van der Waals surface area contributed by atoms with Gasteiger partial charge in [0.1, 0.15) is 6.54 Å². The number of fused-ring (bicyclic) bond motifs is 2. The monoisotopic (exact) mass is 474 g/mol. The average Bonchev–Trinajstić information content (AvgIpc) is 3.29. The van der Waals surface area contributed by atoms with Crippen molar-refractivity contribution in [3.8, 4) is 0 Å². The normalized spacial score (nSPS) is 11.3. The zero-order valence-electron chi connectivity index (χ0n) is 18.6. The number of carbonyl (C=O) groups is 1. The summed E-state index contributed by atoms with van der Waals surface area (Å²) >= 11 is 1.51. The molecule has 170 valence electrons. The molecular formula is C23H27ClN4O3S. The molecule has 9 heteroatoms. The molecule has 0 bridgehead atoms. The lowest BCUT2D eigenvalue weighted by atomic mass is 10.1. The molecule has 4 rings (SSSR count). The van der Waals surface area contributed by atoms with E-state index in [1.165, 1.54) is 21.5 Å². The Morgan fingerprint density at radius 2 is 1.88 bits per heavy atom. The SMILES string of the molecule is Cc1ccc2sc(N(CCCN(C)C)C(=O)Cn3c(=O)oc4ccccc43)nc2c1C.Cl. The number of halogens is 1. The highest BCUT2D eigenvalue weighted by Gasteiger charge is 2.22. The number of oxazole rings is 1. The van der Waals surface area contributed by atoms with Gasteiger partial charge in [-0.1, -0.05) is 29.5 Å². The number of nitrogens with zero attached hydrogens (tertiary/aromatic N) is 4. The van der Waals surface area contributed by atoms with Gasteiger partial charge < -0.3 is 9.32 Å². The number of thiazole rings is 1. The Bertz CT molecular complexity index is 1310. The number of aryl methyl sites for hydroxylation is 2. The number of hydrogen-bond donors (Lipinski definition) is 0. The van der Waals surface area contributed by atoms with Crippen LogP contribution in [0, 0.1) is 13.8 Å². The number of rotatable bonds is 7. The van der Waals surface area contributed by atoms with E-state index in [-0.39, 0.29) is 24.9 Å². The highest BCUT2D eigenvalue weighted by atomic mass is 35.5. The van der Waals surface area contributed by atoms with Gasteiger partial charge in [-0.15, -0.1) is 12.4 Å². The lowest BCUT2D eigenvalue weighted by Gasteiger charge is -2.21. The van der Waals surface area contributed by atoms with Crippen LogP contribution in [0.25, 0.3) is 21.3 Å². The molecule has 0 spiro atoms. The standard InChI is InChI=1S/C23H26N4O3S.ClH/c1-15-10-11-19-21(16(15)2)24-22(31-19)26(13-7-12-25(3)4)20(28)14-27-17-8-5-6-9-18(17)30-23(27)29;/h5-6,8-11H,7,12-14H2,1-4H3;1H. The molecule has 0 fully saturated rings. The smallest absolute Gasteiger partial charge is 0.408 e. The van der Waals surface area contributed by atoms with E-state index in [4.69, 9.17) is 9.40 Å². The summed E-state index contributed by atoms with van der Waals surface area (Å²) in [4.78, 5) is 34.4. The minimum atomic E-state index is -0.529. The van der Waals surface area contributed by atoms with Gasteiger partial charge >= 0.3 is 5.76 Å². The molecule has 2 aromatic heterocycles. The molecule has 2 aromatic carbocycles. The molecule has 2 heterocycles. The Morgan fingerprint density at radius 1 is 1.12 bits per heavy atom. The summed E-state index contributed by atoms with van der Waals surface area (Å²) in [7, 11) is 4.01. The number of aromatic nitrogens is 2. The maximum Gasteiger partial charge on any atom is 0.420 e. The molecule has 7 nitrogen and oxygen atoms in total. The van der Waals surface area contributed by atoms with E-state index in [1.54, 1.807) is 23.1 Å². The van der Waals surface area contributed by atoms with Crippen LogP contribution in [0.15, 0.2) is 45.6 Å². The van der Waals surface area contributed by atoms with Gasteiger partial charge in [-0.3, -0.25) is 14.3 Å². The first-order chi connectivity index (χ1) is 14.8. The number of anilines is 1. The first kappa shape index (κ1) is 24.0. The quantitative estimate of drug-likeness (QED) is 0.401. The van der Waals surface area contributed by atoms with Crippen LogP contribution in [0.5, 0.6) is 0 Å². The highest BCUT2D eigenvalue weighted by Crippen LogP contribution is 2.32. The molecule has 0 saturated carbocycles. The summed E-state index contributed by atoms with van der Waals surface area (Å²) in [5.74, 6) is -0.709. The van der Waals surface area contributed by atoms with Gasteiger partial charge in [0.2, 0.25) is 5.91 Å². The molecule has 0 unspecified atom stereocenters. The number of hydrogen-bond acceptors (Lipinski definition) is 6. The predicted molar refractivity (Wildman–Crippen MR) is 132 cm³/mol. The van der Waals surface area contributed by atoms with Gasteiger partial charge in [-0.25, -0.2) is 9.78 Å². The third-order valence-corrected chi connectivity index (χ3v) is 6.50. The maximum atomic E-state index is 13.4. The second-order valence-corrected chi connectivity index (χ2v) is 8.98. The second-order valence-electron chi connectivity index (χ2n) is 7.97. The minimum Gasteiger partial charge on any atom is -0.408 e. The number of amides is 1. The van der Waals surface area contributed by atoms with Crippen LogP contribution < -0.4 is 10.7 Å². The fourth-order valence-electron chi connectivity index (χ4n) is 3.59. The fourth-order valence-corrected chi connectivity index (χ4v) is 4.65. The second kappa shape index (κ2) is 9.85. The van der Waals surface area contributed by atoms with Crippen molar-refractivity contribution >= 4 is 56.1 Å². The van der Waals surface area contributed by atoms with Gasteiger partial charge in [-0.2, -0.15) is 0 Å². The van der Waals surface area contributed by atoms with Gasteiger partial charge in [0, 0.05) is 6.54 Å². The molecule has 0 atom stereocenters. The number of carbonyl (C=O) groups excluding carboxylic acids is 1. The van der Waals surface area contributed by atoms with Crippen molar-refractivity contribution in [3.63, 3.8) is 0 Å². The fraction of sp³-hybridized carbons (Fsp3) is 0.348. The van der Waals surface area contributed by atoms with Gasteiger partial charge in [0.05, 0.1) is 15.7 Å². The molecule has 32 heavy (non-hydrogen) atoms. The molecule has 0 radical (unpaired) electrons. The lowest BCUT2D eigenvalue weighted by Crippen LogP contribution is -2.37. The molecular weight excluding hydrogens is 448 g/mol. The highest BCUT2D eigenvalue weighted by molar-refractivity contribution is 7.22. The first-order valence-electron chi connectivity index (χ1n) is 10.3. The molecule has 4 aromatic rings. The van der Waals surface area contributed by atoms with Gasteiger partial charge in [0.25, 0.3) is 0 Å². The topological polar surface area (TPSA) is 71.6 Å². The van der Waals surface area contributed by atoms with Crippen LogP contribution in [0.3, 0.4) is 0 Å². The summed E-state index contributed by atoms with van der Waals surface area (Å²) in [6.07, 6.45) is 0.799. The van der Waals surface area contributed by atoms with E-state index in [9.17, 15) is 9.59 Å². The Labute approximate surface area is 196 Å². The third-order valence-electron chi connectivity index (χ3n) is 5.46. The largest absolute Gasteiger partial charge is 0.420 e. The van der Waals surface area contributed by atoms with E-state index in [2.05, 4.69) is 30.9 Å². The van der Waals surface area contributed by atoms with E-state index in [0.29, 0.717) is 22.8 Å². The van der Waals surface area contributed by atoms with Crippen molar-refractivity contribution in [3.05, 3.63) is 58.1 Å². The van der Waals surface area contributed by atoms with E-state index in [0.717, 1.165) is 28.7 Å². The first-order valence-corrected chi connectivity index (χ1v) is 11.1. The van der Waals surface area contributed by atoms with Crippen LogP contribution in [-0.2, 0) is 11.3 Å². The summed E-state index contributed by atoms with van der Waals surface area (Å²) in [6.45, 7) is 5.40. The summed E-state index contributed by atoms with van der Waals surface area (Å²) in [6, 6.07) is 11.3. The zero-order chi connectivity index (χ0) is 22.1. The summed E-state index contributed by atoms with van der Waals surface area (Å²) in [5.41, 5.74) is 4.32.